The molecule has 1 aliphatic rings. The summed E-state index contributed by atoms with van der Waals surface area (Å²) in [5.41, 5.74) is 4.25. The van der Waals surface area contributed by atoms with Gasteiger partial charge in [0.1, 0.15) is 4.83 Å². The van der Waals surface area contributed by atoms with Gasteiger partial charge in [-0.15, -0.1) is 11.3 Å². The summed E-state index contributed by atoms with van der Waals surface area (Å²) in [7, 11) is 0. The van der Waals surface area contributed by atoms with Crippen LogP contribution < -0.4 is 22.3 Å². The van der Waals surface area contributed by atoms with Crippen molar-refractivity contribution in [3.05, 3.63) is 31.3 Å². The molecule has 162 valence electrons. The highest BCUT2D eigenvalue weighted by Gasteiger charge is 2.47. The van der Waals surface area contributed by atoms with E-state index in [0.717, 1.165) is 15.9 Å². The lowest BCUT2D eigenvalue weighted by atomic mass is 9.88. The minimum atomic E-state index is -4.51. The summed E-state index contributed by atoms with van der Waals surface area (Å²) >= 11 is 1.06. The van der Waals surface area contributed by atoms with E-state index in [1.807, 2.05) is 0 Å². The number of hydrogen-bond donors (Lipinski definition) is 2. The Hall–Kier alpha value is -1.79. The predicted molar refractivity (Wildman–Crippen MR) is 99.7 cm³/mol. The molecular weight excluding hydrogens is 419 g/mol. The highest BCUT2D eigenvalue weighted by molar-refractivity contribution is 7.18. The number of nitrogens with two attached hydrogens (primary N) is 1. The van der Waals surface area contributed by atoms with Crippen LogP contribution in [-0.2, 0) is 13.1 Å². The second-order valence-corrected chi connectivity index (χ2v) is 8.27. The van der Waals surface area contributed by atoms with Gasteiger partial charge in [-0.25, -0.2) is 13.6 Å². The van der Waals surface area contributed by atoms with Gasteiger partial charge in [0.15, 0.2) is 0 Å². The maximum absolute atomic E-state index is 13.3. The van der Waals surface area contributed by atoms with Gasteiger partial charge in [0.2, 0.25) is 0 Å². The molecule has 3 N–H and O–H groups in total. The summed E-state index contributed by atoms with van der Waals surface area (Å²) in [4.78, 5) is 26.6. The molecule has 1 aliphatic carbocycles. The van der Waals surface area contributed by atoms with E-state index in [-0.39, 0.29) is 10.2 Å². The van der Waals surface area contributed by atoms with E-state index < -0.39 is 55.2 Å². The van der Waals surface area contributed by atoms with Crippen molar-refractivity contribution in [1.82, 2.24) is 14.5 Å². The van der Waals surface area contributed by atoms with Crippen molar-refractivity contribution in [2.45, 2.75) is 57.4 Å². The van der Waals surface area contributed by atoms with E-state index in [1.165, 1.54) is 0 Å². The summed E-state index contributed by atoms with van der Waals surface area (Å²) in [5.74, 6) is -2.98. The standard InChI is InChI=1S/C17H21F5N4O2S/c1-9-11(8-24-4-3-23)29-14-12(9)13(27)26(10-6-16(18,19)7-10)15(28)25(14)5-2-17(20,21)22/h10,24H,2-8,23H2,1H3. The molecule has 2 aromatic rings. The maximum atomic E-state index is 13.3. The van der Waals surface area contributed by atoms with Gasteiger partial charge in [-0.1, -0.05) is 0 Å². The molecule has 29 heavy (non-hydrogen) atoms. The first kappa shape index (κ1) is 21.9. The third-order valence-electron chi connectivity index (χ3n) is 5.00. The van der Waals surface area contributed by atoms with E-state index >= 15 is 0 Å². The Labute approximate surface area is 166 Å². The van der Waals surface area contributed by atoms with E-state index in [1.54, 1.807) is 6.92 Å². The van der Waals surface area contributed by atoms with Crippen LogP contribution in [0.4, 0.5) is 22.0 Å². The number of hydrogen-bond acceptors (Lipinski definition) is 5. The van der Waals surface area contributed by atoms with Gasteiger partial charge >= 0.3 is 11.9 Å². The van der Waals surface area contributed by atoms with Crippen molar-refractivity contribution in [3.8, 4) is 0 Å². The molecule has 0 aliphatic heterocycles. The fraction of sp³-hybridized carbons (Fsp3) is 0.647. The Kier molecular flexibility index (Phi) is 5.89. The summed E-state index contributed by atoms with van der Waals surface area (Å²) in [6, 6.07) is -1.02. The van der Waals surface area contributed by atoms with Gasteiger partial charge in [-0.3, -0.25) is 13.9 Å². The highest BCUT2D eigenvalue weighted by Crippen LogP contribution is 2.44. The minimum absolute atomic E-state index is 0.108. The Balaban J connectivity index is 2.15. The molecule has 0 radical (unpaired) electrons. The first-order chi connectivity index (χ1) is 13.4. The van der Waals surface area contributed by atoms with E-state index in [2.05, 4.69) is 5.32 Å². The van der Waals surface area contributed by atoms with Gasteiger partial charge in [-0.05, 0) is 12.5 Å². The Morgan fingerprint density at radius 2 is 1.93 bits per heavy atom. The van der Waals surface area contributed by atoms with Crippen LogP contribution in [0.25, 0.3) is 10.2 Å². The normalized spacial score (nSPS) is 17.1. The van der Waals surface area contributed by atoms with Crippen LogP contribution in [0.1, 0.15) is 35.7 Å². The first-order valence-corrected chi connectivity index (χ1v) is 9.89. The van der Waals surface area contributed by atoms with E-state index in [0.29, 0.717) is 34.6 Å². The van der Waals surface area contributed by atoms with Crippen LogP contribution in [0, 0.1) is 6.92 Å². The average Bonchev–Trinajstić information content (AvgIpc) is 2.89. The second-order valence-electron chi connectivity index (χ2n) is 7.19. The third-order valence-corrected chi connectivity index (χ3v) is 6.32. The molecule has 0 bridgehead atoms. The average molecular weight is 440 g/mol. The van der Waals surface area contributed by atoms with Crippen LogP contribution in [0.3, 0.4) is 0 Å². The molecule has 0 atom stereocenters. The van der Waals surface area contributed by atoms with Crippen molar-refractivity contribution < 1.29 is 22.0 Å². The lowest BCUT2D eigenvalue weighted by molar-refractivity contribution is -0.136. The topological polar surface area (TPSA) is 82.1 Å². The van der Waals surface area contributed by atoms with Crippen molar-refractivity contribution in [2.24, 2.45) is 5.73 Å². The van der Waals surface area contributed by atoms with Crippen molar-refractivity contribution in [3.63, 3.8) is 0 Å². The zero-order valence-electron chi connectivity index (χ0n) is 15.6. The highest BCUT2D eigenvalue weighted by atomic mass is 32.1. The molecule has 12 heteroatoms. The monoisotopic (exact) mass is 440 g/mol. The van der Waals surface area contributed by atoms with E-state index in [9.17, 15) is 31.5 Å². The lowest BCUT2D eigenvalue weighted by Gasteiger charge is -2.35. The number of nitrogens with zero attached hydrogens (tertiary/aromatic N) is 2. The number of alkyl halides is 5. The van der Waals surface area contributed by atoms with Crippen molar-refractivity contribution in [1.29, 1.82) is 0 Å². The van der Waals surface area contributed by atoms with Crippen LogP contribution in [0.2, 0.25) is 0 Å². The molecule has 0 unspecified atom stereocenters. The van der Waals surface area contributed by atoms with Gasteiger partial charge < -0.3 is 11.1 Å². The first-order valence-electron chi connectivity index (χ1n) is 9.08. The predicted octanol–water partition coefficient (Wildman–Crippen LogP) is 2.50. The molecule has 1 saturated carbocycles. The molecule has 2 heterocycles. The van der Waals surface area contributed by atoms with E-state index in [4.69, 9.17) is 5.73 Å². The molecule has 2 aromatic heterocycles. The molecule has 0 amide bonds. The minimum Gasteiger partial charge on any atom is -0.329 e. The Morgan fingerprint density at radius 1 is 1.28 bits per heavy atom. The third kappa shape index (κ3) is 4.38. The Morgan fingerprint density at radius 3 is 2.48 bits per heavy atom. The zero-order valence-corrected chi connectivity index (χ0v) is 16.4. The van der Waals surface area contributed by atoms with Crippen LogP contribution in [-0.4, -0.2) is 34.3 Å². The largest absolute Gasteiger partial charge is 0.390 e. The van der Waals surface area contributed by atoms with Crippen molar-refractivity contribution >= 4 is 21.6 Å². The molecule has 0 aromatic carbocycles. The summed E-state index contributed by atoms with van der Waals surface area (Å²) in [5, 5.41) is 3.15. The number of fused-ring (bicyclic) bond motifs is 1. The number of nitrogens with one attached hydrogen (secondary N) is 1. The molecule has 0 spiro atoms. The summed E-state index contributed by atoms with van der Waals surface area (Å²) in [6.07, 6.45) is -7.13. The molecule has 6 nitrogen and oxygen atoms in total. The van der Waals surface area contributed by atoms with Gasteiger partial charge in [0.25, 0.3) is 11.5 Å². The number of halogens is 5. The Bertz CT molecular complexity index is 1020. The number of thiophene rings is 1. The van der Waals surface area contributed by atoms with Crippen LogP contribution in [0.5, 0.6) is 0 Å². The van der Waals surface area contributed by atoms with Gasteiger partial charge in [0, 0.05) is 43.9 Å². The molecule has 1 fully saturated rings. The molecular formula is C17H21F5N4O2S. The number of rotatable bonds is 7. The van der Waals surface area contributed by atoms with Gasteiger partial charge in [0.05, 0.1) is 17.8 Å². The van der Waals surface area contributed by atoms with Crippen LogP contribution in [0.15, 0.2) is 9.59 Å². The number of aryl methyl sites for hydroxylation is 2. The summed E-state index contributed by atoms with van der Waals surface area (Å²) < 4.78 is 66.6. The number of aromatic nitrogens is 2. The maximum Gasteiger partial charge on any atom is 0.390 e. The van der Waals surface area contributed by atoms with Crippen LogP contribution >= 0.6 is 11.3 Å². The smallest absolute Gasteiger partial charge is 0.329 e. The van der Waals surface area contributed by atoms with Crippen molar-refractivity contribution in [2.75, 3.05) is 13.1 Å². The summed E-state index contributed by atoms with van der Waals surface area (Å²) in [6.45, 7) is 2.16. The lowest BCUT2D eigenvalue weighted by Crippen LogP contribution is -2.49. The quantitative estimate of drug-likeness (QED) is 0.512. The zero-order chi connectivity index (χ0) is 21.6. The second kappa shape index (κ2) is 7.80. The fourth-order valence-corrected chi connectivity index (χ4v) is 4.74. The molecule has 3 rings (SSSR count). The molecule has 0 saturated heterocycles. The SMILES string of the molecule is Cc1c(CNCCN)sc2c1c(=O)n(C1CC(F)(F)C1)c(=O)n2CCC(F)(F)F. The van der Waals surface area contributed by atoms with Gasteiger partial charge in [-0.2, -0.15) is 13.2 Å². The fourth-order valence-electron chi connectivity index (χ4n) is 3.45.